The topological polar surface area (TPSA) is 237 Å². The molecule has 0 saturated carbocycles. The van der Waals surface area contributed by atoms with Crippen molar-refractivity contribution < 1.29 is 80.2 Å². The summed E-state index contributed by atoms with van der Waals surface area (Å²) in [5, 5.41) is 10.6. The Hall–Kier alpha value is -4.02. The number of carbonyl (C=O) groups excluding carboxylic acids is 4. The van der Waals surface area contributed by atoms with Gasteiger partial charge in [-0.25, -0.2) is 9.13 Å². The maximum atomic E-state index is 13.1. The number of aliphatic hydroxyl groups excluding tert-OH is 1. The molecule has 102 heavy (non-hydrogen) atoms. The lowest BCUT2D eigenvalue weighted by atomic mass is 10.1. The summed E-state index contributed by atoms with van der Waals surface area (Å²) >= 11 is 0. The number of hydrogen-bond donors (Lipinski definition) is 3. The Labute approximate surface area is 620 Å². The summed E-state index contributed by atoms with van der Waals surface area (Å²) in [5.41, 5.74) is 0. The third kappa shape index (κ3) is 74.3. The average Bonchev–Trinajstić information content (AvgIpc) is 0.908. The van der Waals surface area contributed by atoms with Gasteiger partial charge in [-0.05, 0) is 148 Å². The fraction of sp³-hybridized carbons (Fsp3) is 0.759. The predicted molar refractivity (Wildman–Crippen MR) is 418 cm³/mol. The smallest absolute Gasteiger partial charge is 0.462 e. The number of allylic oxidation sites excluding steroid dienone is 16. The number of phosphoric acid groups is 2. The van der Waals surface area contributed by atoms with E-state index in [2.05, 4.69) is 125 Å². The Morgan fingerprint density at radius 3 is 0.814 bits per heavy atom. The summed E-state index contributed by atoms with van der Waals surface area (Å²) in [6, 6.07) is 0. The highest BCUT2D eigenvalue weighted by Crippen LogP contribution is 2.45. The molecule has 0 spiro atoms. The van der Waals surface area contributed by atoms with Gasteiger partial charge in [-0.2, -0.15) is 0 Å². The first-order valence-corrected chi connectivity index (χ1v) is 43.5. The second kappa shape index (κ2) is 75.2. The molecule has 5 atom stereocenters. The van der Waals surface area contributed by atoms with Crippen molar-refractivity contribution in [1.82, 2.24) is 0 Å². The van der Waals surface area contributed by atoms with Gasteiger partial charge in [0.2, 0.25) is 0 Å². The second-order valence-corrected chi connectivity index (χ2v) is 29.9. The van der Waals surface area contributed by atoms with E-state index in [0.717, 1.165) is 167 Å². The van der Waals surface area contributed by atoms with Crippen molar-refractivity contribution in [3.63, 3.8) is 0 Å². The molecule has 0 aromatic carbocycles. The fourth-order valence-electron chi connectivity index (χ4n) is 10.8. The zero-order valence-electron chi connectivity index (χ0n) is 64.5. The largest absolute Gasteiger partial charge is 0.472 e. The molecule has 0 aromatic heterocycles. The van der Waals surface area contributed by atoms with E-state index >= 15 is 0 Å². The number of hydrogen-bond acceptors (Lipinski definition) is 15. The highest BCUT2D eigenvalue weighted by molar-refractivity contribution is 7.47. The highest BCUT2D eigenvalue weighted by atomic mass is 31.2. The molecule has 0 rings (SSSR count). The Morgan fingerprint density at radius 1 is 0.284 bits per heavy atom. The first-order chi connectivity index (χ1) is 49.7. The number of ether oxygens (including phenoxy) is 4. The van der Waals surface area contributed by atoms with Gasteiger partial charge in [0.1, 0.15) is 19.3 Å². The minimum atomic E-state index is -4.99. The quantitative estimate of drug-likeness (QED) is 0.0169. The van der Waals surface area contributed by atoms with E-state index in [0.29, 0.717) is 25.7 Å². The van der Waals surface area contributed by atoms with Crippen LogP contribution in [0, 0.1) is 0 Å². The summed E-state index contributed by atoms with van der Waals surface area (Å²) in [5.74, 6) is -2.22. The summed E-state index contributed by atoms with van der Waals surface area (Å²) in [4.78, 5) is 73.0. The van der Waals surface area contributed by atoms with Crippen molar-refractivity contribution in [1.29, 1.82) is 0 Å². The van der Waals surface area contributed by atoms with Crippen molar-refractivity contribution in [2.75, 3.05) is 39.6 Å². The second-order valence-electron chi connectivity index (χ2n) is 27.0. The van der Waals surface area contributed by atoms with Crippen LogP contribution in [0.4, 0.5) is 0 Å². The third-order valence-electron chi connectivity index (χ3n) is 17.0. The van der Waals surface area contributed by atoms with Gasteiger partial charge in [0.05, 0.1) is 26.4 Å². The van der Waals surface area contributed by atoms with Gasteiger partial charge in [-0.15, -0.1) is 0 Å². The highest BCUT2D eigenvalue weighted by Gasteiger charge is 2.30. The number of phosphoric ester groups is 2. The Bertz CT molecular complexity index is 2310. The van der Waals surface area contributed by atoms with Gasteiger partial charge in [-0.3, -0.25) is 37.3 Å². The number of aliphatic hydroxyl groups is 1. The molecule has 5 unspecified atom stereocenters. The molecule has 19 heteroatoms. The Morgan fingerprint density at radius 2 is 0.510 bits per heavy atom. The molecule has 3 N–H and O–H groups in total. The number of unbranched alkanes of at least 4 members (excludes halogenated alkanes) is 34. The van der Waals surface area contributed by atoms with Crippen molar-refractivity contribution in [2.24, 2.45) is 0 Å². The lowest BCUT2D eigenvalue weighted by Gasteiger charge is -2.21. The van der Waals surface area contributed by atoms with Gasteiger partial charge in [0.25, 0.3) is 0 Å². The van der Waals surface area contributed by atoms with Crippen LogP contribution in [0.3, 0.4) is 0 Å². The van der Waals surface area contributed by atoms with E-state index in [4.69, 9.17) is 37.0 Å². The molecule has 0 radical (unpaired) electrons. The fourth-order valence-corrected chi connectivity index (χ4v) is 12.4. The molecule has 0 fully saturated rings. The number of esters is 4. The van der Waals surface area contributed by atoms with Crippen molar-refractivity contribution in [3.8, 4) is 0 Å². The van der Waals surface area contributed by atoms with Crippen molar-refractivity contribution in [3.05, 3.63) is 97.2 Å². The molecule has 590 valence electrons. The summed E-state index contributed by atoms with van der Waals surface area (Å²) in [7, 11) is -9.97. The van der Waals surface area contributed by atoms with E-state index in [9.17, 15) is 43.2 Å². The van der Waals surface area contributed by atoms with E-state index in [1.165, 1.54) is 103 Å². The lowest BCUT2D eigenvalue weighted by molar-refractivity contribution is -0.161. The zero-order chi connectivity index (χ0) is 74.6. The summed E-state index contributed by atoms with van der Waals surface area (Å²) < 4.78 is 68.6. The normalized spacial score (nSPS) is 14.4. The Kier molecular flexibility index (Phi) is 72.3. The predicted octanol–water partition coefficient (Wildman–Crippen LogP) is 23.6. The van der Waals surface area contributed by atoms with Crippen LogP contribution in [-0.4, -0.2) is 96.7 Å². The van der Waals surface area contributed by atoms with E-state index in [1.807, 2.05) is 0 Å². The van der Waals surface area contributed by atoms with Gasteiger partial charge >= 0.3 is 39.5 Å². The molecular formula is C83H146O17P2. The van der Waals surface area contributed by atoms with Crippen LogP contribution >= 0.6 is 15.6 Å². The molecule has 0 aliphatic heterocycles. The van der Waals surface area contributed by atoms with Crippen LogP contribution in [0.2, 0.25) is 0 Å². The summed E-state index contributed by atoms with van der Waals surface area (Å²) in [6.07, 6.45) is 79.5. The van der Waals surface area contributed by atoms with Crippen molar-refractivity contribution in [2.45, 2.75) is 367 Å². The van der Waals surface area contributed by atoms with Gasteiger partial charge in [0, 0.05) is 25.7 Å². The molecule has 0 aliphatic rings. The number of carbonyl (C=O) groups is 4. The molecule has 0 bridgehead atoms. The molecule has 17 nitrogen and oxygen atoms in total. The average molecular weight is 1480 g/mol. The minimum Gasteiger partial charge on any atom is -0.462 e. The van der Waals surface area contributed by atoms with E-state index in [1.54, 1.807) is 0 Å². The van der Waals surface area contributed by atoms with Gasteiger partial charge in [-0.1, -0.05) is 273 Å². The molecular weight excluding hydrogens is 1330 g/mol. The van der Waals surface area contributed by atoms with E-state index < -0.39 is 97.5 Å². The maximum absolute atomic E-state index is 13.1. The van der Waals surface area contributed by atoms with Crippen LogP contribution in [0.25, 0.3) is 0 Å². The van der Waals surface area contributed by atoms with Gasteiger partial charge < -0.3 is 33.8 Å². The van der Waals surface area contributed by atoms with Crippen LogP contribution in [0.1, 0.15) is 349 Å². The maximum Gasteiger partial charge on any atom is 0.472 e. The summed E-state index contributed by atoms with van der Waals surface area (Å²) in [6.45, 7) is 4.71. The van der Waals surface area contributed by atoms with Crippen LogP contribution in [0.15, 0.2) is 97.2 Å². The standard InChI is InChI=1S/C83H146O17P2/c1-5-9-13-17-21-25-29-33-36-37-38-39-42-45-48-52-56-60-64-68-81(86)94-73-78(99-82(87)69-65-61-57-53-49-43-32-28-24-20-16-12-8-4)75-97-101(89,90)95-71-77(84)72-96-102(91,92)98-76-79(100-83(88)70-66-62-58-54-50-46-41-35-31-27-23-19-15-11-7-3)74-93-80(85)67-63-59-55-51-47-44-40-34-30-26-22-18-14-10-6-2/h9,13,21,25,28,32-36,38-41,45,48,77-79,84H,5-8,10-12,14-20,22-24,26-27,29-31,37,42-44,46-47,49-76H2,1-4H3,(H,89,90)(H,91,92)/b13-9-,25-21-,32-28-,36-33-,39-38-,40-34-,41-35-,48-45-. The first-order valence-electron chi connectivity index (χ1n) is 40.5. The van der Waals surface area contributed by atoms with Crippen LogP contribution in [0.5, 0.6) is 0 Å². The lowest BCUT2D eigenvalue weighted by Crippen LogP contribution is -2.30. The van der Waals surface area contributed by atoms with Gasteiger partial charge in [0.15, 0.2) is 12.2 Å². The molecule has 0 saturated heterocycles. The van der Waals surface area contributed by atoms with Crippen molar-refractivity contribution >= 4 is 39.5 Å². The zero-order valence-corrected chi connectivity index (χ0v) is 66.3. The molecule has 0 amide bonds. The van der Waals surface area contributed by atoms with Crippen LogP contribution in [-0.2, 0) is 65.4 Å². The Balaban J connectivity index is 5.37. The van der Waals surface area contributed by atoms with Crippen LogP contribution < -0.4 is 0 Å². The number of rotatable bonds is 76. The first kappa shape index (κ1) is 98.0. The molecule has 0 heterocycles. The van der Waals surface area contributed by atoms with E-state index in [-0.39, 0.29) is 25.7 Å². The monoisotopic (exact) mass is 1480 g/mol. The minimum absolute atomic E-state index is 0.0770. The molecule has 0 aliphatic carbocycles. The SMILES string of the molecule is CC/C=C\C/C=C\C/C=C\C/C=C\C/C=C\CCCCCC(=O)OCC(COP(=O)(O)OCC(O)COP(=O)(O)OCC(COC(=O)CCCCCCC/C=C\CCCCCCCC)OC(=O)CCCCCCC/C=C\CCCCCCCC)OC(=O)CCCCCCC/C=C\CCCCCC. The third-order valence-corrected chi connectivity index (χ3v) is 18.9. The molecule has 0 aromatic rings.